The van der Waals surface area contributed by atoms with E-state index >= 15 is 0 Å². The molecule has 4 rings (SSSR count). The highest BCUT2D eigenvalue weighted by Crippen LogP contribution is 2.31. The molecule has 0 aliphatic carbocycles. The Balaban J connectivity index is 1.31. The summed E-state index contributed by atoms with van der Waals surface area (Å²) in [5.74, 6) is -0.907. The van der Waals surface area contributed by atoms with Crippen molar-refractivity contribution in [2.45, 2.75) is 6.54 Å². The molecule has 1 fully saturated rings. The fraction of sp³-hybridized carbons (Fsp3) is 0.333. The first-order valence-corrected chi connectivity index (χ1v) is 9.64. The van der Waals surface area contributed by atoms with E-state index in [9.17, 15) is 9.59 Å². The summed E-state index contributed by atoms with van der Waals surface area (Å²) in [4.78, 5) is 30.9. The highest BCUT2D eigenvalue weighted by molar-refractivity contribution is 6.52. The maximum atomic E-state index is 12.3. The molecule has 2 aliphatic heterocycles. The predicted octanol–water partition coefficient (Wildman–Crippen LogP) is 2.69. The Morgan fingerprint density at radius 2 is 1.56 bits per heavy atom. The van der Waals surface area contributed by atoms with Crippen molar-refractivity contribution in [1.29, 1.82) is 0 Å². The van der Waals surface area contributed by atoms with E-state index in [1.807, 2.05) is 6.07 Å². The van der Waals surface area contributed by atoms with Gasteiger partial charge in [0.05, 0.1) is 11.3 Å². The van der Waals surface area contributed by atoms with Crippen molar-refractivity contribution in [2.24, 2.45) is 0 Å². The third-order valence-corrected chi connectivity index (χ3v) is 5.52. The molecule has 1 saturated heterocycles. The van der Waals surface area contributed by atoms with Gasteiger partial charge in [0.25, 0.3) is 11.7 Å². The number of benzene rings is 2. The first kappa shape index (κ1) is 18.2. The molecule has 2 aliphatic rings. The summed E-state index contributed by atoms with van der Waals surface area (Å²) in [6, 6.07) is 15.6. The summed E-state index contributed by atoms with van der Waals surface area (Å²) >= 11 is 5.96. The molecule has 6 heteroatoms. The third-order valence-electron chi connectivity index (χ3n) is 5.29. The van der Waals surface area contributed by atoms with E-state index in [-0.39, 0.29) is 0 Å². The van der Waals surface area contributed by atoms with Gasteiger partial charge >= 0.3 is 0 Å². The van der Waals surface area contributed by atoms with Crippen LogP contribution in [0.3, 0.4) is 0 Å². The maximum Gasteiger partial charge on any atom is 0.299 e. The number of hydrogen-bond acceptors (Lipinski definition) is 4. The molecule has 0 aromatic heterocycles. The van der Waals surface area contributed by atoms with Crippen LogP contribution in [0.15, 0.2) is 48.5 Å². The van der Waals surface area contributed by atoms with Gasteiger partial charge in [0.15, 0.2) is 0 Å². The molecule has 2 aromatic rings. The van der Waals surface area contributed by atoms with Crippen molar-refractivity contribution >= 4 is 29.0 Å². The number of fused-ring (bicyclic) bond motifs is 1. The quantitative estimate of drug-likeness (QED) is 0.745. The van der Waals surface area contributed by atoms with Crippen LogP contribution in [0.25, 0.3) is 0 Å². The van der Waals surface area contributed by atoms with Crippen molar-refractivity contribution in [1.82, 2.24) is 9.80 Å². The Hall–Kier alpha value is -2.21. The molecule has 1 amide bonds. The van der Waals surface area contributed by atoms with Crippen LogP contribution in [0.2, 0.25) is 5.02 Å². The fourth-order valence-corrected chi connectivity index (χ4v) is 3.92. The molecule has 2 aromatic carbocycles. The molecule has 140 valence electrons. The predicted molar refractivity (Wildman–Crippen MR) is 106 cm³/mol. The van der Waals surface area contributed by atoms with Crippen LogP contribution < -0.4 is 4.90 Å². The average molecular weight is 384 g/mol. The topological polar surface area (TPSA) is 43.9 Å². The number of carbonyl (C=O) groups is 2. The monoisotopic (exact) mass is 383 g/mol. The number of amides is 1. The van der Waals surface area contributed by atoms with E-state index in [2.05, 4.69) is 34.1 Å². The minimum atomic E-state index is -0.458. The zero-order chi connectivity index (χ0) is 18.8. The van der Waals surface area contributed by atoms with E-state index < -0.39 is 11.7 Å². The summed E-state index contributed by atoms with van der Waals surface area (Å²) in [5, 5.41) is 0.478. The van der Waals surface area contributed by atoms with Crippen LogP contribution in [0.4, 0.5) is 5.69 Å². The number of rotatable bonds is 5. The molecular weight excluding hydrogens is 362 g/mol. The SMILES string of the molecule is O=C1C(=O)N(CCN2CCN(Cc3ccccc3)CC2)c2ccc(Cl)cc21. The molecule has 5 nitrogen and oxygen atoms in total. The van der Waals surface area contributed by atoms with Gasteiger partial charge in [0, 0.05) is 50.8 Å². The Morgan fingerprint density at radius 1 is 0.852 bits per heavy atom. The van der Waals surface area contributed by atoms with Crippen LogP contribution in [0.5, 0.6) is 0 Å². The molecular formula is C21H22ClN3O2. The van der Waals surface area contributed by atoms with E-state index in [1.165, 1.54) is 5.56 Å². The Labute approximate surface area is 164 Å². The van der Waals surface area contributed by atoms with E-state index in [0.717, 1.165) is 39.3 Å². The van der Waals surface area contributed by atoms with Crippen molar-refractivity contribution < 1.29 is 9.59 Å². The zero-order valence-corrected chi connectivity index (χ0v) is 15.9. The van der Waals surface area contributed by atoms with Crippen molar-refractivity contribution in [3.63, 3.8) is 0 Å². The number of ketones is 1. The van der Waals surface area contributed by atoms with E-state index in [4.69, 9.17) is 11.6 Å². The first-order chi connectivity index (χ1) is 13.1. The standard InChI is InChI=1S/C21H22ClN3O2/c22-17-6-7-19-18(14-17)20(26)21(27)25(19)13-12-23-8-10-24(11-9-23)15-16-4-2-1-3-5-16/h1-7,14H,8-13,15H2. The third kappa shape index (κ3) is 3.90. The summed E-state index contributed by atoms with van der Waals surface area (Å²) in [7, 11) is 0. The summed E-state index contributed by atoms with van der Waals surface area (Å²) < 4.78 is 0. The molecule has 0 N–H and O–H groups in total. The summed E-state index contributed by atoms with van der Waals surface area (Å²) in [5.41, 5.74) is 2.43. The Morgan fingerprint density at radius 3 is 2.30 bits per heavy atom. The number of anilines is 1. The van der Waals surface area contributed by atoms with Gasteiger partial charge in [-0.05, 0) is 23.8 Å². The van der Waals surface area contributed by atoms with Gasteiger partial charge in [-0.25, -0.2) is 0 Å². The van der Waals surface area contributed by atoms with Crippen LogP contribution >= 0.6 is 11.6 Å². The fourth-order valence-electron chi connectivity index (χ4n) is 3.75. The number of nitrogens with zero attached hydrogens (tertiary/aromatic N) is 3. The number of carbonyl (C=O) groups excluding carboxylic acids is 2. The number of piperazine rings is 1. The lowest BCUT2D eigenvalue weighted by Gasteiger charge is -2.35. The zero-order valence-electron chi connectivity index (χ0n) is 15.1. The lowest BCUT2D eigenvalue weighted by atomic mass is 10.1. The van der Waals surface area contributed by atoms with Gasteiger partial charge in [-0.15, -0.1) is 0 Å². The molecule has 27 heavy (non-hydrogen) atoms. The maximum absolute atomic E-state index is 12.3. The number of Topliss-reactive ketones (excluding diaryl/α,β-unsaturated/α-hetero) is 1. The van der Waals surface area contributed by atoms with Crippen molar-refractivity contribution in [2.75, 3.05) is 44.2 Å². The smallest absolute Gasteiger partial charge is 0.299 e. The van der Waals surface area contributed by atoms with E-state index in [1.54, 1.807) is 23.1 Å². The Bertz CT molecular complexity index is 848. The van der Waals surface area contributed by atoms with Gasteiger partial charge in [-0.3, -0.25) is 19.4 Å². The first-order valence-electron chi connectivity index (χ1n) is 9.26. The second-order valence-electron chi connectivity index (χ2n) is 7.05. The highest BCUT2D eigenvalue weighted by Gasteiger charge is 2.35. The normalized spacial score (nSPS) is 18.2. The molecule has 0 spiro atoms. The van der Waals surface area contributed by atoms with Crippen LogP contribution in [-0.4, -0.2) is 60.8 Å². The Kier molecular flexibility index (Phi) is 5.25. The highest BCUT2D eigenvalue weighted by atomic mass is 35.5. The van der Waals surface area contributed by atoms with Crippen molar-refractivity contribution in [3.05, 3.63) is 64.7 Å². The largest absolute Gasteiger partial charge is 0.303 e. The second kappa shape index (κ2) is 7.80. The lowest BCUT2D eigenvalue weighted by molar-refractivity contribution is -0.114. The molecule has 0 radical (unpaired) electrons. The molecule has 2 heterocycles. The van der Waals surface area contributed by atoms with Gasteiger partial charge in [0.1, 0.15) is 0 Å². The minimum Gasteiger partial charge on any atom is -0.303 e. The van der Waals surface area contributed by atoms with Gasteiger partial charge in [-0.1, -0.05) is 41.9 Å². The summed E-state index contributed by atoms with van der Waals surface area (Å²) in [6.07, 6.45) is 0. The van der Waals surface area contributed by atoms with Crippen LogP contribution in [0, 0.1) is 0 Å². The van der Waals surface area contributed by atoms with E-state index in [0.29, 0.717) is 22.8 Å². The molecule has 0 bridgehead atoms. The molecule has 0 saturated carbocycles. The second-order valence-corrected chi connectivity index (χ2v) is 7.49. The minimum absolute atomic E-state index is 0.417. The summed E-state index contributed by atoms with van der Waals surface area (Å²) in [6.45, 7) is 6.22. The van der Waals surface area contributed by atoms with Gasteiger partial charge < -0.3 is 4.90 Å². The van der Waals surface area contributed by atoms with Crippen LogP contribution in [0.1, 0.15) is 15.9 Å². The number of hydrogen-bond donors (Lipinski definition) is 0. The molecule has 0 atom stereocenters. The molecule has 0 unspecified atom stereocenters. The van der Waals surface area contributed by atoms with Crippen molar-refractivity contribution in [3.8, 4) is 0 Å². The number of halogens is 1. The van der Waals surface area contributed by atoms with Gasteiger partial charge in [-0.2, -0.15) is 0 Å². The van der Waals surface area contributed by atoms with Gasteiger partial charge in [0.2, 0.25) is 0 Å². The lowest BCUT2D eigenvalue weighted by Crippen LogP contribution is -2.48. The van der Waals surface area contributed by atoms with Crippen LogP contribution in [-0.2, 0) is 11.3 Å². The average Bonchev–Trinajstić information content (AvgIpc) is 2.92.